The topological polar surface area (TPSA) is 76.7 Å². The standard InChI is InChI=1S/C19H22N2O4/c1-13-8-10-16(11-9-13)24-12-18(22)20-21-19(23)15(3)25-17-7-5-4-6-14(17)2/h4-11,15H,12H2,1-3H3,(H,20,22)(H,21,23). The van der Waals surface area contributed by atoms with Gasteiger partial charge in [0.15, 0.2) is 12.7 Å². The number of hydrazine groups is 1. The van der Waals surface area contributed by atoms with Gasteiger partial charge in [0.25, 0.3) is 11.8 Å². The van der Waals surface area contributed by atoms with E-state index in [2.05, 4.69) is 10.9 Å². The van der Waals surface area contributed by atoms with Crippen molar-refractivity contribution in [2.45, 2.75) is 26.9 Å². The molecule has 0 saturated heterocycles. The maximum atomic E-state index is 12.0. The van der Waals surface area contributed by atoms with Gasteiger partial charge in [-0.1, -0.05) is 35.9 Å². The second-order valence-corrected chi connectivity index (χ2v) is 5.66. The van der Waals surface area contributed by atoms with Crippen LogP contribution in [0.4, 0.5) is 0 Å². The van der Waals surface area contributed by atoms with E-state index in [0.29, 0.717) is 11.5 Å². The van der Waals surface area contributed by atoms with E-state index in [4.69, 9.17) is 9.47 Å². The minimum atomic E-state index is -0.751. The molecule has 2 aromatic rings. The largest absolute Gasteiger partial charge is 0.484 e. The van der Waals surface area contributed by atoms with Crippen molar-refractivity contribution in [1.29, 1.82) is 0 Å². The minimum Gasteiger partial charge on any atom is -0.484 e. The van der Waals surface area contributed by atoms with Crippen molar-refractivity contribution in [3.8, 4) is 11.5 Å². The van der Waals surface area contributed by atoms with Crippen LogP contribution < -0.4 is 20.3 Å². The van der Waals surface area contributed by atoms with E-state index in [9.17, 15) is 9.59 Å². The summed E-state index contributed by atoms with van der Waals surface area (Å²) in [6.45, 7) is 5.27. The molecule has 0 fully saturated rings. The summed E-state index contributed by atoms with van der Waals surface area (Å²) in [5, 5.41) is 0. The molecule has 0 aliphatic carbocycles. The summed E-state index contributed by atoms with van der Waals surface area (Å²) in [6, 6.07) is 14.7. The first-order chi connectivity index (χ1) is 12.0. The molecule has 2 N–H and O–H groups in total. The van der Waals surface area contributed by atoms with E-state index in [1.54, 1.807) is 25.1 Å². The number of carbonyl (C=O) groups excluding carboxylic acids is 2. The predicted molar refractivity (Wildman–Crippen MR) is 94.2 cm³/mol. The number of carbonyl (C=O) groups is 2. The van der Waals surface area contributed by atoms with Crippen LogP contribution in [0.1, 0.15) is 18.1 Å². The molecule has 25 heavy (non-hydrogen) atoms. The molecule has 6 nitrogen and oxygen atoms in total. The van der Waals surface area contributed by atoms with Crippen molar-refractivity contribution in [2.75, 3.05) is 6.61 Å². The number of hydrogen-bond acceptors (Lipinski definition) is 4. The molecule has 1 unspecified atom stereocenters. The summed E-state index contributed by atoms with van der Waals surface area (Å²) in [7, 11) is 0. The van der Waals surface area contributed by atoms with E-state index >= 15 is 0 Å². The maximum absolute atomic E-state index is 12.0. The van der Waals surface area contributed by atoms with Crippen LogP contribution >= 0.6 is 0 Å². The Kier molecular flexibility index (Phi) is 6.39. The highest BCUT2D eigenvalue weighted by atomic mass is 16.5. The highest BCUT2D eigenvalue weighted by Crippen LogP contribution is 2.17. The molecule has 0 radical (unpaired) electrons. The summed E-state index contributed by atoms with van der Waals surface area (Å²) in [5.74, 6) is 0.298. The lowest BCUT2D eigenvalue weighted by atomic mass is 10.2. The summed E-state index contributed by atoms with van der Waals surface area (Å²) in [5.41, 5.74) is 6.66. The molecule has 0 aromatic heterocycles. The number of ether oxygens (including phenoxy) is 2. The van der Waals surface area contributed by atoms with Crippen molar-refractivity contribution in [3.05, 3.63) is 59.7 Å². The monoisotopic (exact) mass is 342 g/mol. The first-order valence-electron chi connectivity index (χ1n) is 7.96. The average Bonchev–Trinajstić information content (AvgIpc) is 2.61. The predicted octanol–water partition coefficient (Wildman–Crippen LogP) is 2.30. The molecule has 0 aliphatic heterocycles. The van der Waals surface area contributed by atoms with Crippen LogP contribution in [0.25, 0.3) is 0 Å². The Morgan fingerprint density at radius 3 is 2.36 bits per heavy atom. The molecule has 0 spiro atoms. The van der Waals surface area contributed by atoms with Gasteiger partial charge in [0.1, 0.15) is 11.5 Å². The van der Waals surface area contributed by atoms with Crippen LogP contribution in [0.15, 0.2) is 48.5 Å². The van der Waals surface area contributed by atoms with E-state index in [0.717, 1.165) is 11.1 Å². The van der Waals surface area contributed by atoms with Gasteiger partial charge >= 0.3 is 0 Å². The zero-order valence-corrected chi connectivity index (χ0v) is 14.5. The van der Waals surface area contributed by atoms with Gasteiger partial charge in [-0.25, -0.2) is 0 Å². The van der Waals surface area contributed by atoms with Crippen LogP contribution in [0.3, 0.4) is 0 Å². The highest BCUT2D eigenvalue weighted by Gasteiger charge is 2.16. The van der Waals surface area contributed by atoms with E-state index in [1.807, 2.05) is 44.2 Å². The summed E-state index contributed by atoms with van der Waals surface area (Å²) >= 11 is 0. The SMILES string of the molecule is Cc1ccc(OCC(=O)NNC(=O)C(C)Oc2ccccc2C)cc1. The van der Waals surface area contributed by atoms with Crippen LogP contribution in [0.5, 0.6) is 11.5 Å². The van der Waals surface area contributed by atoms with E-state index in [1.165, 1.54) is 0 Å². The Morgan fingerprint density at radius 1 is 1.00 bits per heavy atom. The van der Waals surface area contributed by atoms with E-state index in [-0.39, 0.29) is 6.61 Å². The summed E-state index contributed by atoms with van der Waals surface area (Å²) < 4.78 is 10.9. The van der Waals surface area contributed by atoms with Gasteiger partial charge in [-0.2, -0.15) is 0 Å². The molecule has 0 heterocycles. The van der Waals surface area contributed by atoms with Gasteiger partial charge in [0, 0.05) is 0 Å². The molecule has 2 aromatic carbocycles. The Morgan fingerprint density at radius 2 is 1.68 bits per heavy atom. The van der Waals surface area contributed by atoms with Crippen molar-refractivity contribution in [1.82, 2.24) is 10.9 Å². The minimum absolute atomic E-state index is 0.198. The van der Waals surface area contributed by atoms with Gasteiger partial charge in [0.05, 0.1) is 0 Å². The van der Waals surface area contributed by atoms with E-state index < -0.39 is 17.9 Å². The fourth-order valence-corrected chi connectivity index (χ4v) is 1.99. The van der Waals surface area contributed by atoms with Gasteiger partial charge in [0.2, 0.25) is 0 Å². The normalized spacial score (nSPS) is 11.3. The third-order valence-electron chi connectivity index (χ3n) is 3.48. The fraction of sp³-hybridized carbons (Fsp3) is 0.263. The number of hydrogen-bond donors (Lipinski definition) is 2. The van der Waals surface area contributed by atoms with Gasteiger partial charge in [-0.3, -0.25) is 20.4 Å². The number of aryl methyl sites for hydroxylation is 2. The molecule has 2 amide bonds. The van der Waals surface area contributed by atoms with Gasteiger partial charge in [-0.15, -0.1) is 0 Å². The number of para-hydroxylation sites is 1. The van der Waals surface area contributed by atoms with Gasteiger partial charge in [-0.05, 0) is 44.5 Å². The number of benzene rings is 2. The third-order valence-corrected chi connectivity index (χ3v) is 3.48. The summed E-state index contributed by atoms with van der Waals surface area (Å²) in [6.07, 6.45) is -0.751. The first kappa shape index (κ1) is 18.3. The van der Waals surface area contributed by atoms with Crippen molar-refractivity contribution in [3.63, 3.8) is 0 Å². The molecule has 0 aliphatic rings. The fourth-order valence-electron chi connectivity index (χ4n) is 1.99. The average molecular weight is 342 g/mol. The van der Waals surface area contributed by atoms with Crippen LogP contribution in [-0.4, -0.2) is 24.5 Å². The van der Waals surface area contributed by atoms with Gasteiger partial charge < -0.3 is 9.47 Å². The molecule has 0 bridgehead atoms. The molecular weight excluding hydrogens is 320 g/mol. The van der Waals surface area contributed by atoms with Crippen molar-refractivity contribution >= 4 is 11.8 Å². The second-order valence-electron chi connectivity index (χ2n) is 5.66. The lowest BCUT2D eigenvalue weighted by Crippen LogP contribution is -2.48. The zero-order valence-electron chi connectivity index (χ0n) is 14.5. The first-order valence-corrected chi connectivity index (χ1v) is 7.96. The summed E-state index contributed by atoms with van der Waals surface area (Å²) in [4.78, 5) is 23.7. The highest BCUT2D eigenvalue weighted by molar-refractivity contribution is 5.85. The molecule has 6 heteroatoms. The van der Waals surface area contributed by atoms with Crippen molar-refractivity contribution < 1.29 is 19.1 Å². The van der Waals surface area contributed by atoms with Crippen LogP contribution in [0.2, 0.25) is 0 Å². The Labute approximate surface area is 147 Å². The number of nitrogens with one attached hydrogen (secondary N) is 2. The Bertz CT molecular complexity index is 728. The van der Waals surface area contributed by atoms with Crippen LogP contribution in [0, 0.1) is 13.8 Å². The Hall–Kier alpha value is -3.02. The number of rotatable bonds is 6. The Balaban J connectivity index is 1.74. The van der Waals surface area contributed by atoms with Crippen molar-refractivity contribution in [2.24, 2.45) is 0 Å². The molecule has 132 valence electrons. The quantitative estimate of drug-likeness (QED) is 0.790. The second kappa shape index (κ2) is 8.73. The molecule has 0 saturated carbocycles. The lowest BCUT2D eigenvalue weighted by molar-refractivity contribution is -0.133. The van der Waals surface area contributed by atoms with Crippen LogP contribution in [-0.2, 0) is 9.59 Å². The zero-order chi connectivity index (χ0) is 18.2. The lowest BCUT2D eigenvalue weighted by Gasteiger charge is -2.16. The maximum Gasteiger partial charge on any atom is 0.279 e. The molecular formula is C19H22N2O4. The third kappa shape index (κ3) is 5.84. The molecule has 2 rings (SSSR count). The number of amides is 2. The molecule has 1 atom stereocenters. The smallest absolute Gasteiger partial charge is 0.279 e.